The number of anilines is 3. The van der Waals surface area contributed by atoms with Crippen LogP contribution in [0.25, 0.3) is 0 Å². The Morgan fingerprint density at radius 3 is 2.59 bits per heavy atom. The van der Waals surface area contributed by atoms with Gasteiger partial charge in [0.2, 0.25) is 5.95 Å². The highest BCUT2D eigenvalue weighted by Gasteiger charge is 2.05. The predicted molar refractivity (Wildman–Crippen MR) is 64.5 cm³/mol. The molecule has 2 rings (SSSR count). The molecule has 0 atom stereocenters. The highest BCUT2D eigenvalue weighted by atomic mass is 35.5. The van der Waals surface area contributed by atoms with Crippen LogP contribution in [-0.4, -0.2) is 9.97 Å². The molecule has 7 heteroatoms. The minimum atomic E-state index is -0.311. The summed E-state index contributed by atoms with van der Waals surface area (Å²) in [5, 5.41) is 3.27. The van der Waals surface area contributed by atoms with E-state index in [1.54, 1.807) is 12.1 Å². The van der Waals surface area contributed by atoms with Crippen molar-refractivity contribution in [3.63, 3.8) is 0 Å². The van der Waals surface area contributed by atoms with Gasteiger partial charge < -0.3 is 5.32 Å². The average molecular weight is 254 g/mol. The molecule has 0 fully saturated rings. The van der Waals surface area contributed by atoms with Gasteiger partial charge in [-0.15, -0.1) is 0 Å². The molecular formula is C10H9ClFN5. The Bertz CT molecular complexity index is 517. The quantitative estimate of drug-likeness (QED) is 0.578. The van der Waals surface area contributed by atoms with E-state index in [2.05, 4.69) is 20.7 Å². The second-order valence-corrected chi connectivity index (χ2v) is 3.57. The first-order chi connectivity index (χ1) is 8.19. The molecule has 0 spiro atoms. The summed E-state index contributed by atoms with van der Waals surface area (Å²) in [6.07, 6.45) is 1.41. The number of halogens is 2. The topological polar surface area (TPSA) is 75.9 Å². The van der Waals surface area contributed by atoms with Gasteiger partial charge in [-0.2, -0.15) is 4.98 Å². The molecule has 0 radical (unpaired) electrons. The molecule has 88 valence electrons. The Labute approximate surface area is 102 Å². The van der Waals surface area contributed by atoms with Crippen molar-refractivity contribution in [2.45, 2.75) is 0 Å². The monoisotopic (exact) mass is 253 g/mol. The average Bonchev–Trinajstić information content (AvgIpc) is 2.35. The molecule has 1 aromatic carbocycles. The fourth-order valence-corrected chi connectivity index (χ4v) is 1.33. The first-order valence-electron chi connectivity index (χ1n) is 4.71. The first kappa shape index (κ1) is 11.6. The zero-order chi connectivity index (χ0) is 12.3. The molecule has 0 aliphatic carbocycles. The fourth-order valence-electron chi connectivity index (χ4n) is 1.19. The summed E-state index contributed by atoms with van der Waals surface area (Å²) in [4.78, 5) is 7.86. The predicted octanol–water partition coefficient (Wildman–Crippen LogP) is 2.30. The van der Waals surface area contributed by atoms with Crippen LogP contribution in [0.3, 0.4) is 0 Å². The van der Waals surface area contributed by atoms with Crippen LogP contribution in [0.2, 0.25) is 5.02 Å². The van der Waals surface area contributed by atoms with Crippen LogP contribution in [0.1, 0.15) is 0 Å². The molecule has 0 saturated carbocycles. The number of aromatic nitrogens is 2. The van der Waals surface area contributed by atoms with Crippen molar-refractivity contribution < 1.29 is 4.39 Å². The third-order valence-electron chi connectivity index (χ3n) is 1.98. The zero-order valence-electron chi connectivity index (χ0n) is 8.61. The summed E-state index contributed by atoms with van der Waals surface area (Å²) >= 11 is 5.90. The van der Waals surface area contributed by atoms with E-state index in [0.29, 0.717) is 16.5 Å². The molecule has 2 aromatic rings. The SMILES string of the molecule is NNc1ncc(Cl)c(Nc2ccc(F)cc2)n1. The molecule has 0 amide bonds. The molecule has 0 bridgehead atoms. The third-order valence-corrected chi connectivity index (χ3v) is 2.26. The van der Waals surface area contributed by atoms with E-state index < -0.39 is 0 Å². The smallest absolute Gasteiger partial charge is 0.239 e. The number of nitrogens with one attached hydrogen (secondary N) is 2. The zero-order valence-corrected chi connectivity index (χ0v) is 9.37. The lowest BCUT2D eigenvalue weighted by Gasteiger charge is -2.08. The van der Waals surface area contributed by atoms with Gasteiger partial charge in [-0.3, -0.25) is 5.43 Å². The number of nitrogen functional groups attached to an aromatic ring is 1. The second kappa shape index (κ2) is 4.94. The number of rotatable bonds is 3. The van der Waals surface area contributed by atoms with Crippen LogP contribution < -0.4 is 16.6 Å². The Kier molecular flexibility index (Phi) is 3.36. The van der Waals surface area contributed by atoms with Gasteiger partial charge in [-0.05, 0) is 24.3 Å². The Hall–Kier alpha value is -1.92. The van der Waals surface area contributed by atoms with E-state index >= 15 is 0 Å². The van der Waals surface area contributed by atoms with Gasteiger partial charge in [0.05, 0.1) is 6.20 Å². The van der Waals surface area contributed by atoms with Gasteiger partial charge in [0.15, 0.2) is 5.82 Å². The fraction of sp³-hybridized carbons (Fsp3) is 0. The van der Waals surface area contributed by atoms with Crippen molar-refractivity contribution in [2.24, 2.45) is 5.84 Å². The Morgan fingerprint density at radius 2 is 1.94 bits per heavy atom. The number of benzene rings is 1. The molecule has 0 aliphatic heterocycles. The van der Waals surface area contributed by atoms with Gasteiger partial charge in [0, 0.05) is 5.69 Å². The minimum absolute atomic E-state index is 0.235. The third kappa shape index (κ3) is 2.80. The highest BCUT2D eigenvalue weighted by Crippen LogP contribution is 2.23. The lowest BCUT2D eigenvalue weighted by molar-refractivity contribution is 0.628. The first-order valence-corrected chi connectivity index (χ1v) is 5.08. The van der Waals surface area contributed by atoms with Crippen LogP contribution in [0.15, 0.2) is 30.5 Å². The molecule has 4 N–H and O–H groups in total. The van der Waals surface area contributed by atoms with Crippen molar-refractivity contribution in [1.29, 1.82) is 0 Å². The van der Waals surface area contributed by atoms with E-state index in [1.807, 2.05) is 0 Å². The Morgan fingerprint density at radius 1 is 1.24 bits per heavy atom. The second-order valence-electron chi connectivity index (χ2n) is 3.17. The maximum atomic E-state index is 12.7. The molecule has 5 nitrogen and oxygen atoms in total. The van der Waals surface area contributed by atoms with Crippen LogP contribution in [0, 0.1) is 5.82 Å². The maximum Gasteiger partial charge on any atom is 0.239 e. The lowest BCUT2D eigenvalue weighted by atomic mass is 10.3. The van der Waals surface area contributed by atoms with Gasteiger partial charge in [-0.25, -0.2) is 15.2 Å². The maximum absolute atomic E-state index is 12.7. The standard InChI is InChI=1S/C10H9ClFN5/c11-8-5-14-10(17-13)16-9(8)15-7-3-1-6(12)2-4-7/h1-5H,13H2,(H2,14,15,16,17). The molecule has 0 unspecified atom stereocenters. The van der Waals surface area contributed by atoms with Gasteiger partial charge in [0.1, 0.15) is 10.8 Å². The lowest BCUT2D eigenvalue weighted by Crippen LogP contribution is -2.11. The number of nitrogens with zero attached hydrogens (tertiary/aromatic N) is 2. The van der Waals surface area contributed by atoms with E-state index in [4.69, 9.17) is 17.4 Å². The number of nitrogens with two attached hydrogens (primary N) is 1. The van der Waals surface area contributed by atoms with Crippen molar-refractivity contribution in [2.75, 3.05) is 10.7 Å². The number of hydrogen-bond donors (Lipinski definition) is 3. The summed E-state index contributed by atoms with van der Waals surface area (Å²) in [6, 6.07) is 5.81. The van der Waals surface area contributed by atoms with E-state index in [1.165, 1.54) is 18.3 Å². The van der Waals surface area contributed by atoms with Crippen molar-refractivity contribution in [3.8, 4) is 0 Å². The normalized spacial score (nSPS) is 10.1. The highest BCUT2D eigenvalue weighted by molar-refractivity contribution is 6.32. The summed E-state index contributed by atoms with van der Waals surface area (Å²) in [7, 11) is 0. The molecule has 0 aliphatic rings. The molecule has 1 heterocycles. The summed E-state index contributed by atoms with van der Waals surface area (Å²) in [5.74, 6) is 5.50. The van der Waals surface area contributed by atoms with E-state index in [0.717, 1.165) is 0 Å². The van der Waals surface area contributed by atoms with Gasteiger partial charge in [-0.1, -0.05) is 11.6 Å². The van der Waals surface area contributed by atoms with Gasteiger partial charge in [0.25, 0.3) is 0 Å². The summed E-state index contributed by atoms with van der Waals surface area (Å²) < 4.78 is 12.7. The molecule has 1 aromatic heterocycles. The number of hydrazine groups is 1. The summed E-state index contributed by atoms with van der Waals surface area (Å²) in [5.41, 5.74) is 2.97. The van der Waals surface area contributed by atoms with Crippen molar-refractivity contribution in [1.82, 2.24) is 9.97 Å². The molecule has 0 saturated heterocycles. The van der Waals surface area contributed by atoms with Crippen LogP contribution in [0.4, 0.5) is 21.8 Å². The van der Waals surface area contributed by atoms with Crippen molar-refractivity contribution in [3.05, 3.63) is 41.3 Å². The largest absolute Gasteiger partial charge is 0.339 e. The van der Waals surface area contributed by atoms with Crippen molar-refractivity contribution >= 4 is 29.1 Å². The van der Waals surface area contributed by atoms with Crippen LogP contribution in [0.5, 0.6) is 0 Å². The number of hydrogen-bond acceptors (Lipinski definition) is 5. The minimum Gasteiger partial charge on any atom is -0.339 e. The molecule has 17 heavy (non-hydrogen) atoms. The molecular weight excluding hydrogens is 245 g/mol. The van der Waals surface area contributed by atoms with E-state index in [-0.39, 0.29) is 11.8 Å². The van der Waals surface area contributed by atoms with Crippen LogP contribution >= 0.6 is 11.6 Å². The van der Waals surface area contributed by atoms with Crippen LogP contribution in [-0.2, 0) is 0 Å². The van der Waals surface area contributed by atoms with Gasteiger partial charge >= 0.3 is 0 Å². The van der Waals surface area contributed by atoms with E-state index in [9.17, 15) is 4.39 Å². The summed E-state index contributed by atoms with van der Waals surface area (Å²) in [6.45, 7) is 0. The Balaban J connectivity index is 2.25.